The van der Waals surface area contributed by atoms with Crippen molar-refractivity contribution < 1.29 is 4.79 Å². The molecule has 0 saturated carbocycles. The molecule has 0 aromatic carbocycles. The number of likely N-dealkylation sites (tertiary alicyclic amines) is 1. The fourth-order valence-electron chi connectivity index (χ4n) is 1.02. The Morgan fingerprint density at radius 2 is 2.00 bits per heavy atom. The molecule has 2 heteroatoms. The molecule has 0 spiro atoms. The number of rotatable bonds is 0. The van der Waals surface area contributed by atoms with Gasteiger partial charge >= 0.3 is 0 Å². The van der Waals surface area contributed by atoms with Gasteiger partial charge in [-0.05, 0) is 20.8 Å². The summed E-state index contributed by atoms with van der Waals surface area (Å²) in [6, 6.07) is 0. The van der Waals surface area contributed by atoms with Crippen LogP contribution in [0.3, 0.4) is 0 Å². The summed E-state index contributed by atoms with van der Waals surface area (Å²) in [5.41, 5.74) is 0.0509. The monoisotopic (exact) mass is 127 g/mol. The maximum absolute atomic E-state index is 10.8. The molecular formula is C7H13NO. The molecule has 9 heavy (non-hydrogen) atoms. The van der Waals surface area contributed by atoms with Gasteiger partial charge in [-0.1, -0.05) is 0 Å². The highest BCUT2D eigenvalue weighted by atomic mass is 16.2. The summed E-state index contributed by atoms with van der Waals surface area (Å²) < 4.78 is 0. The Hall–Kier alpha value is -0.530. The Morgan fingerprint density at radius 3 is 2.00 bits per heavy atom. The normalized spacial score (nSPS) is 19.9. The van der Waals surface area contributed by atoms with Crippen molar-refractivity contribution in [2.45, 2.75) is 32.7 Å². The first-order valence-corrected chi connectivity index (χ1v) is 3.32. The van der Waals surface area contributed by atoms with Crippen molar-refractivity contribution in [1.29, 1.82) is 0 Å². The molecule has 0 unspecified atom stereocenters. The average Bonchev–Trinajstić information content (AvgIpc) is 1.57. The second kappa shape index (κ2) is 1.72. The van der Waals surface area contributed by atoms with Crippen molar-refractivity contribution in [2.24, 2.45) is 0 Å². The van der Waals surface area contributed by atoms with Crippen LogP contribution in [0.4, 0.5) is 0 Å². The molecule has 1 saturated heterocycles. The number of carbonyl (C=O) groups excluding carboxylic acids is 1. The zero-order valence-electron chi connectivity index (χ0n) is 6.27. The highest BCUT2D eigenvalue weighted by Gasteiger charge is 2.32. The van der Waals surface area contributed by atoms with Gasteiger partial charge < -0.3 is 4.90 Å². The van der Waals surface area contributed by atoms with Crippen LogP contribution in [0.25, 0.3) is 0 Å². The standard InChI is InChI=1S/C7H13NO/c1-7(2,3)8-5-4-6(8)9/h4-5H2,1-3H3. The highest BCUT2D eigenvalue weighted by molar-refractivity contribution is 5.82. The van der Waals surface area contributed by atoms with Crippen molar-refractivity contribution in [2.75, 3.05) is 6.54 Å². The molecule has 0 aromatic rings. The zero-order chi connectivity index (χ0) is 7.07. The fourth-order valence-corrected chi connectivity index (χ4v) is 1.02. The Kier molecular flexibility index (Phi) is 1.26. The lowest BCUT2D eigenvalue weighted by Gasteiger charge is -2.42. The van der Waals surface area contributed by atoms with E-state index in [0.29, 0.717) is 5.91 Å². The first-order valence-electron chi connectivity index (χ1n) is 3.32. The number of carbonyl (C=O) groups is 1. The number of hydrogen-bond donors (Lipinski definition) is 0. The fraction of sp³-hybridized carbons (Fsp3) is 0.857. The van der Waals surface area contributed by atoms with E-state index in [9.17, 15) is 4.79 Å². The first kappa shape index (κ1) is 6.59. The van der Waals surface area contributed by atoms with Gasteiger partial charge in [0.15, 0.2) is 0 Å². The van der Waals surface area contributed by atoms with Crippen LogP contribution in [-0.2, 0) is 4.79 Å². The molecule has 0 atom stereocenters. The smallest absolute Gasteiger partial charge is 0.224 e. The Balaban J connectivity index is 2.54. The average molecular weight is 127 g/mol. The number of nitrogens with zero attached hydrogens (tertiary/aromatic N) is 1. The van der Waals surface area contributed by atoms with E-state index >= 15 is 0 Å². The van der Waals surface area contributed by atoms with Gasteiger partial charge in [0.05, 0.1) is 0 Å². The van der Waals surface area contributed by atoms with Crippen LogP contribution < -0.4 is 0 Å². The van der Waals surface area contributed by atoms with Crippen LogP contribution in [0.15, 0.2) is 0 Å². The molecule has 1 amide bonds. The molecule has 52 valence electrons. The van der Waals surface area contributed by atoms with E-state index in [1.165, 1.54) is 0 Å². The molecule has 1 aliphatic rings. The van der Waals surface area contributed by atoms with Crippen molar-refractivity contribution in [1.82, 2.24) is 4.90 Å². The van der Waals surface area contributed by atoms with Crippen LogP contribution in [0.1, 0.15) is 27.2 Å². The minimum Gasteiger partial charge on any atom is -0.337 e. The van der Waals surface area contributed by atoms with E-state index < -0.39 is 0 Å². The van der Waals surface area contributed by atoms with Crippen molar-refractivity contribution in [3.05, 3.63) is 0 Å². The Morgan fingerprint density at radius 1 is 1.44 bits per heavy atom. The minimum absolute atomic E-state index is 0.0509. The van der Waals surface area contributed by atoms with Gasteiger partial charge in [0.2, 0.25) is 5.91 Å². The molecule has 0 radical (unpaired) electrons. The van der Waals surface area contributed by atoms with Crippen LogP contribution in [0.2, 0.25) is 0 Å². The van der Waals surface area contributed by atoms with E-state index in [0.717, 1.165) is 13.0 Å². The highest BCUT2D eigenvalue weighted by Crippen LogP contribution is 2.21. The van der Waals surface area contributed by atoms with Crippen LogP contribution in [0, 0.1) is 0 Å². The summed E-state index contributed by atoms with van der Waals surface area (Å²) in [4.78, 5) is 12.7. The summed E-state index contributed by atoms with van der Waals surface area (Å²) in [7, 11) is 0. The topological polar surface area (TPSA) is 20.3 Å². The summed E-state index contributed by atoms with van der Waals surface area (Å²) in [5.74, 6) is 0.294. The van der Waals surface area contributed by atoms with Gasteiger partial charge in [-0.15, -0.1) is 0 Å². The quantitative estimate of drug-likeness (QED) is 0.445. The van der Waals surface area contributed by atoms with E-state index in [4.69, 9.17) is 0 Å². The lowest BCUT2D eigenvalue weighted by molar-refractivity contribution is -0.146. The van der Waals surface area contributed by atoms with Gasteiger partial charge in [-0.3, -0.25) is 4.79 Å². The number of hydrogen-bond acceptors (Lipinski definition) is 1. The minimum atomic E-state index is 0.0509. The molecule has 0 N–H and O–H groups in total. The third-order valence-corrected chi connectivity index (χ3v) is 1.66. The van der Waals surface area contributed by atoms with Crippen molar-refractivity contribution in [3.8, 4) is 0 Å². The van der Waals surface area contributed by atoms with Crippen molar-refractivity contribution >= 4 is 5.91 Å². The van der Waals surface area contributed by atoms with Gasteiger partial charge in [0.1, 0.15) is 0 Å². The lowest BCUT2D eigenvalue weighted by atomic mass is 10.0. The van der Waals surface area contributed by atoms with E-state index in [-0.39, 0.29) is 5.54 Å². The Bertz CT molecular complexity index is 134. The number of β-lactam (4-membered cyclic amide) rings is 1. The Labute approximate surface area is 55.8 Å². The van der Waals surface area contributed by atoms with Crippen LogP contribution in [0.5, 0.6) is 0 Å². The molecule has 1 rings (SSSR count). The van der Waals surface area contributed by atoms with Gasteiger partial charge in [0.25, 0.3) is 0 Å². The van der Waals surface area contributed by atoms with Gasteiger partial charge in [-0.2, -0.15) is 0 Å². The van der Waals surface area contributed by atoms with Gasteiger partial charge in [0, 0.05) is 18.5 Å². The van der Waals surface area contributed by atoms with Crippen molar-refractivity contribution in [3.63, 3.8) is 0 Å². The molecule has 1 fully saturated rings. The van der Waals surface area contributed by atoms with E-state index in [1.807, 2.05) is 4.90 Å². The maximum Gasteiger partial charge on any atom is 0.224 e. The summed E-state index contributed by atoms with van der Waals surface area (Å²) in [5, 5.41) is 0. The van der Waals surface area contributed by atoms with E-state index in [2.05, 4.69) is 20.8 Å². The molecule has 1 aliphatic heterocycles. The molecule has 0 aliphatic carbocycles. The van der Waals surface area contributed by atoms with Crippen LogP contribution >= 0.6 is 0 Å². The molecule has 0 bridgehead atoms. The molecule has 0 aromatic heterocycles. The third kappa shape index (κ3) is 1.07. The van der Waals surface area contributed by atoms with Crippen LogP contribution in [-0.4, -0.2) is 22.9 Å². The summed E-state index contributed by atoms with van der Waals surface area (Å²) in [6.45, 7) is 7.13. The predicted octanol–water partition coefficient (Wildman–Crippen LogP) is 1.02. The molecule has 1 heterocycles. The van der Waals surface area contributed by atoms with E-state index in [1.54, 1.807) is 0 Å². The van der Waals surface area contributed by atoms with Gasteiger partial charge in [-0.25, -0.2) is 0 Å². The largest absolute Gasteiger partial charge is 0.337 e. The third-order valence-electron chi connectivity index (χ3n) is 1.66. The zero-order valence-corrected chi connectivity index (χ0v) is 6.27. The SMILES string of the molecule is CC(C)(C)N1CCC1=O. The second-order valence-electron chi connectivity index (χ2n) is 3.47. The summed E-state index contributed by atoms with van der Waals surface area (Å²) in [6.07, 6.45) is 0.747. The first-order chi connectivity index (χ1) is 4.02. The molecular weight excluding hydrogens is 114 g/mol. The molecule has 2 nitrogen and oxygen atoms in total. The maximum atomic E-state index is 10.8. The lowest BCUT2D eigenvalue weighted by Crippen LogP contribution is -2.54. The number of amides is 1. The second-order valence-corrected chi connectivity index (χ2v) is 3.47. The summed E-state index contributed by atoms with van der Waals surface area (Å²) >= 11 is 0. The predicted molar refractivity (Wildman–Crippen MR) is 36.1 cm³/mol.